The molecule has 2 aromatic rings. The van der Waals surface area contributed by atoms with Crippen LogP contribution < -0.4 is 5.73 Å². The quantitative estimate of drug-likeness (QED) is 0.779. The number of ether oxygens (including phenoxy) is 3. The van der Waals surface area contributed by atoms with E-state index < -0.39 is 11.5 Å². The van der Waals surface area contributed by atoms with Crippen LogP contribution in [0.1, 0.15) is 13.8 Å². The molecule has 4 rings (SSSR count). The summed E-state index contributed by atoms with van der Waals surface area (Å²) in [5.41, 5.74) is 6.18. The molecular weight excluding hydrogens is 306 g/mol. The Hall–Kier alpha value is -1.42. The number of aromatic nitrogens is 4. The number of nitrogens with zero attached hydrogens (tertiary/aromatic N) is 4. The van der Waals surface area contributed by atoms with Crippen LogP contribution in [0, 0.1) is 0 Å². The van der Waals surface area contributed by atoms with Crippen molar-refractivity contribution in [1.82, 2.24) is 19.5 Å². The Bertz CT molecular complexity index is 736. The smallest absolute Gasteiger partial charge is 0.203 e. The Morgan fingerprint density at radius 3 is 3.00 bits per heavy atom. The Labute approximate surface area is 132 Å². The topological polar surface area (TPSA) is 97.3 Å². The average Bonchev–Trinajstić information content (AvgIpc) is 3.08. The second-order valence-electron chi connectivity index (χ2n) is 5.96. The van der Waals surface area contributed by atoms with Gasteiger partial charge in [-0.25, -0.2) is 15.0 Å². The number of hydrogen-bond acceptors (Lipinski definition) is 8. The summed E-state index contributed by atoms with van der Waals surface area (Å²) in [7, 11) is 0. The van der Waals surface area contributed by atoms with Crippen molar-refractivity contribution in [2.45, 2.75) is 37.6 Å². The van der Waals surface area contributed by atoms with Gasteiger partial charge in [0.1, 0.15) is 17.9 Å². The van der Waals surface area contributed by atoms with E-state index in [-0.39, 0.29) is 12.2 Å². The highest BCUT2D eigenvalue weighted by Crippen LogP contribution is 2.47. The van der Waals surface area contributed by atoms with Gasteiger partial charge in [0.25, 0.3) is 0 Å². The molecule has 8 nitrogen and oxygen atoms in total. The minimum Gasteiger partial charge on any atom is -0.382 e. The summed E-state index contributed by atoms with van der Waals surface area (Å²) >= 11 is 4.35. The van der Waals surface area contributed by atoms with Crippen molar-refractivity contribution in [3.05, 3.63) is 12.7 Å². The Morgan fingerprint density at radius 2 is 2.23 bits per heavy atom. The molecule has 0 unspecified atom stereocenters. The fraction of sp³-hybridized carbons (Fsp3) is 0.615. The van der Waals surface area contributed by atoms with Crippen molar-refractivity contribution in [3.8, 4) is 0 Å². The van der Waals surface area contributed by atoms with E-state index in [0.29, 0.717) is 29.3 Å². The molecule has 0 amide bonds. The highest BCUT2D eigenvalue weighted by atomic mass is 32.1. The average molecular weight is 323 g/mol. The molecule has 2 aliphatic rings. The van der Waals surface area contributed by atoms with Crippen LogP contribution in [0.2, 0.25) is 0 Å². The van der Waals surface area contributed by atoms with E-state index in [1.807, 2.05) is 18.4 Å². The first-order valence-electron chi connectivity index (χ1n) is 7.01. The Kier molecular flexibility index (Phi) is 2.93. The maximum Gasteiger partial charge on any atom is 0.203 e. The van der Waals surface area contributed by atoms with Crippen LogP contribution in [-0.4, -0.2) is 49.9 Å². The summed E-state index contributed by atoms with van der Waals surface area (Å²) in [6.45, 7) is 4.10. The predicted octanol–water partition coefficient (Wildman–Crippen LogP) is 0.541. The number of thiol groups is 1. The van der Waals surface area contributed by atoms with Gasteiger partial charge in [0, 0.05) is 5.75 Å². The molecule has 4 heterocycles. The second-order valence-corrected chi connectivity index (χ2v) is 6.33. The molecule has 3 atom stereocenters. The van der Waals surface area contributed by atoms with Gasteiger partial charge in [-0.15, -0.1) is 0 Å². The Balaban J connectivity index is 1.90. The van der Waals surface area contributed by atoms with Crippen molar-refractivity contribution in [1.29, 1.82) is 0 Å². The third-order valence-electron chi connectivity index (χ3n) is 4.07. The fourth-order valence-corrected chi connectivity index (χ4v) is 3.53. The molecule has 0 saturated carbocycles. The van der Waals surface area contributed by atoms with Crippen molar-refractivity contribution >= 4 is 29.6 Å². The van der Waals surface area contributed by atoms with Gasteiger partial charge in [0.2, 0.25) is 5.72 Å². The van der Waals surface area contributed by atoms with Crippen LogP contribution in [0.25, 0.3) is 11.2 Å². The van der Waals surface area contributed by atoms with Crippen LogP contribution in [0.5, 0.6) is 0 Å². The minimum absolute atomic E-state index is 0.165. The van der Waals surface area contributed by atoms with E-state index in [1.54, 1.807) is 6.33 Å². The Morgan fingerprint density at radius 1 is 1.41 bits per heavy atom. The summed E-state index contributed by atoms with van der Waals surface area (Å²) in [5.74, 6) is 0.139. The molecule has 118 valence electrons. The highest BCUT2D eigenvalue weighted by molar-refractivity contribution is 7.80. The molecule has 0 bridgehead atoms. The summed E-state index contributed by atoms with van der Waals surface area (Å²) in [6.07, 6.45) is 2.60. The van der Waals surface area contributed by atoms with Crippen LogP contribution in [0.3, 0.4) is 0 Å². The molecule has 2 fully saturated rings. The van der Waals surface area contributed by atoms with Gasteiger partial charge in [0.05, 0.1) is 19.0 Å². The lowest BCUT2D eigenvalue weighted by atomic mass is 10.1. The van der Waals surface area contributed by atoms with Gasteiger partial charge in [-0.1, -0.05) is 0 Å². The van der Waals surface area contributed by atoms with E-state index in [9.17, 15) is 0 Å². The maximum atomic E-state index is 6.23. The molecule has 0 aromatic carbocycles. The SMILES string of the molecule is CC1(C)O[C@@H]2[C@@H](CS)OC[C@@]2(n2cnc3c(N)ncnc32)O1. The van der Waals surface area contributed by atoms with Crippen molar-refractivity contribution < 1.29 is 14.2 Å². The van der Waals surface area contributed by atoms with E-state index >= 15 is 0 Å². The monoisotopic (exact) mass is 323 g/mol. The lowest BCUT2D eigenvalue weighted by Crippen LogP contribution is -2.44. The molecule has 0 aliphatic carbocycles. The van der Waals surface area contributed by atoms with Crippen molar-refractivity contribution in [2.75, 3.05) is 18.1 Å². The molecule has 0 spiro atoms. The van der Waals surface area contributed by atoms with Crippen LogP contribution in [0.15, 0.2) is 12.7 Å². The zero-order valence-electron chi connectivity index (χ0n) is 12.3. The number of hydrogen-bond donors (Lipinski definition) is 2. The second kappa shape index (κ2) is 4.54. The maximum absolute atomic E-state index is 6.23. The fourth-order valence-electron chi connectivity index (χ4n) is 3.23. The first-order valence-corrected chi connectivity index (χ1v) is 7.64. The van der Waals surface area contributed by atoms with E-state index in [0.717, 1.165) is 0 Å². The molecule has 2 saturated heterocycles. The third-order valence-corrected chi connectivity index (χ3v) is 4.43. The zero-order chi connectivity index (χ0) is 15.5. The normalized spacial score (nSPS) is 33.4. The van der Waals surface area contributed by atoms with Crippen LogP contribution in [0.4, 0.5) is 5.82 Å². The minimum atomic E-state index is -0.827. The number of fused-ring (bicyclic) bond motifs is 2. The lowest BCUT2D eigenvalue weighted by molar-refractivity contribution is -0.203. The van der Waals surface area contributed by atoms with Crippen molar-refractivity contribution in [2.24, 2.45) is 0 Å². The number of nitrogens with two attached hydrogens (primary N) is 1. The predicted molar refractivity (Wildman–Crippen MR) is 81.3 cm³/mol. The standard InChI is InChI=1S/C13H17N5O3S/c1-12(2)20-9-7(3-22)19-4-13(9,21-12)18-6-17-8-10(14)15-5-16-11(8)18/h5-7,9,22H,3-4H2,1-2H3,(H2,14,15,16)/t7-,9-,13-/m1/s1. The summed E-state index contributed by atoms with van der Waals surface area (Å²) in [6, 6.07) is 0. The van der Waals surface area contributed by atoms with Gasteiger partial charge in [0.15, 0.2) is 17.3 Å². The molecule has 9 heteroatoms. The third kappa shape index (κ3) is 1.79. The number of imidazole rings is 1. The molecule has 2 N–H and O–H groups in total. The molecule has 2 aliphatic heterocycles. The van der Waals surface area contributed by atoms with Gasteiger partial charge in [-0.05, 0) is 13.8 Å². The van der Waals surface area contributed by atoms with Gasteiger partial charge >= 0.3 is 0 Å². The van der Waals surface area contributed by atoms with Gasteiger partial charge < -0.3 is 19.9 Å². The molecule has 22 heavy (non-hydrogen) atoms. The number of nitrogen functional groups attached to an aromatic ring is 1. The van der Waals surface area contributed by atoms with Crippen LogP contribution in [-0.2, 0) is 19.9 Å². The number of anilines is 1. The first kappa shape index (κ1) is 14.2. The van der Waals surface area contributed by atoms with Crippen molar-refractivity contribution in [3.63, 3.8) is 0 Å². The lowest BCUT2D eigenvalue weighted by Gasteiger charge is -2.28. The summed E-state index contributed by atoms with van der Waals surface area (Å²) in [5, 5.41) is 0. The van der Waals surface area contributed by atoms with E-state index in [4.69, 9.17) is 19.9 Å². The summed E-state index contributed by atoms with van der Waals surface area (Å²) in [4.78, 5) is 12.6. The first-order chi connectivity index (χ1) is 10.5. The number of rotatable bonds is 2. The highest BCUT2D eigenvalue weighted by Gasteiger charge is 2.62. The van der Waals surface area contributed by atoms with Crippen LogP contribution >= 0.6 is 12.6 Å². The molecule has 2 aromatic heterocycles. The van der Waals surface area contributed by atoms with E-state index in [2.05, 4.69) is 27.6 Å². The largest absolute Gasteiger partial charge is 0.382 e. The zero-order valence-corrected chi connectivity index (χ0v) is 13.2. The summed E-state index contributed by atoms with van der Waals surface area (Å²) < 4.78 is 19.9. The molecule has 0 radical (unpaired) electrons. The molecular formula is C13H17N5O3S. The van der Waals surface area contributed by atoms with Gasteiger partial charge in [-0.2, -0.15) is 12.6 Å². The van der Waals surface area contributed by atoms with Gasteiger partial charge in [-0.3, -0.25) is 4.57 Å². The van der Waals surface area contributed by atoms with E-state index in [1.165, 1.54) is 6.33 Å².